The summed E-state index contributed by atoms with van der Waals surface area (Å²) in [4.78, 5) is 11.4. The number of nitrogens with zero attached hydrogens (tertiary/aromatic N) is 1. The van der Waals surface area contributed by atoms with Gasteiger partial charge in [-0.05, 0) is 17.9 Å². The van der Waals surface area contributed by atoms with Gasteiger partial charge in [-0.1, -0.05) is 0 Å². The number of hydrogen-bond donors (Lipinski definition) is 0. The van der Waals surface area contributed by atoms with E-state index in [4.69, 9.17) is 0 Å². The van der Waals surface area contributed by atoms with Crippen molar-refractivity contribution in [2.75, 3.05) is 6.67 Å². The highest BCUT2D eigenvalue weighted by molar-refractivity contribution is 7.17. The van der Waals surface area contributed by atoms with E-state index >= 15 is 0 Å². The molecule has 74 valence electrons. The van der Waals surface area contributed by atoms with Gasteiger partial charge in [0.25, 0.3) is 0 Å². The lowest BCUT2D eigenvalue weighted by Crippen LogP contribution is -2.06. The van der Waals surface area contributed by atoms with Crippen LogP contribution < -0.4 is 5.43 Å². The van der Waals surface area contributed by atoms with Crippen LogP contribution in [0.5, 0.6) is 0 Å². The third kappa shape index (κ3) is 1.57. The summed E-state index contributed by atoms with van der Waals surface area (Å²) in [6.45, 7) is 0.307. The van der Waals surface area contributed by atoms with Crippen LogP contribution in [0.15, 0.2) is 28.5 Å². The topological polar surface area (TPSA) is 22.0 Å². The van der Waals surface area contributed by atoms with Gasteiger partial charge in [0, 0.05) is 18.8 Å². The van der Waals surface area contributed by atoms with Crippen molar-refractivity contribution in [1.29, 1.82) is 0 Å². The molecule has 4 heteroatoms. The van der Waals surface area contributed by atoms with Gasteiger partial charge in [0.2, 0.25) is 0 Å². The van der Waals surface area contributed by atoms with Crippen molar-refractivity contribution in [1.82, 2.24) is 4.57 Å². The van der Waals surface area contributed by atoms with Crippen LogP contribution in [0.2, 0.25) is 0 Å². The van der Waals surface area contributed by atoms with Crippen molar-refractivity contribution >= 4 is 21.6 Å². The zero-order valence-electron chi connectivity index (χ0n) is 7.57. The predicted octanol–water partition coefficient (Wildman–Crippen LogP) is 2.42. The molecule has 0 aliphatic carbocycles. The molecule has 0 fully saturated rings. The summed E-state index contributed by atoms with van der Waals surface area (Å²) in [6, 6.07) is 3.44. The predicted molar refractivity (Wildman–Crippen MR) is 56.7 cm³/mol. The molecule has 0 spiro atoms. The van der Waals surface area contributed by atoms with E-state index in [1.807, 2.05) is 16.0 Å². The van der Waals surface area contributed by atoms with Crippen molar-refractivity contribution < 1.29 is 4.39 Å². The first-order valence-corrected chi connectivity index (χ1v) is 5.33. The van der Waals surface area contributed by atoms with Gasteiger partial charge in [-0.15, -0.1) is 11.3 Å². The first-order chi connectivity index (χ1) is 6.83. The van der Waals surface area contributed by atoms with Crippen LogP contribution in [-0.2, 0) is 6.54 Å². The normalized spacial score (nSPS) is 10.9. The number of pyridine rings is 1. The number of hydrogen-bond acceptors (Lipinski definition) is 2. The minimum absolute atomic E-state index is 0.0477. The maximum absolute atomic E-state index is 12.0. The molecule has 0 atom stereocenters. The van der Waals surface area contributed by atoms with Gasteiger partial charge in [0.15, 0.2) is 5.43 Å². The Bertz CT molecular complexity index is 488. The Hall–Kier alpha value is -1.16. The molecule has 0 N–H and O–H groups in total. The highest BCUT2D eigenvalue weighted by atomic mass is 32.1. The minimum Gasteiger partial charge on any atom is -0.346 e. The Kier molecular flexibility index (Phi) is 2.63. The van der Waals surface area contributed by atoms with Crippen molar-refractivity contribution in [2.24, 2.45) is 0 Å². The highest BCUT2D eigenvalue weighted by Gasteiger charge is 2.02. The molecular formula is C10H10FNOS. The van der Waals surface area contributed by atoms with Crippen molar-refractivity contribution in [3.05, 3.63) is 33.9 Å². The van der Waals surface area contributed by atoms with E-state index in [9.17, 15) is 9.18 Å². The third-order valence-corrected chi connectivity index (χ3v) is 3.03. The van der Waals surface area contributed by atoms with Crippen LogP contribution in [0.4, 0.5) is 4.39 Å². The van der Waals surface area contributed by atoms with Crippen molar-refractivity contribution in [2.45, 2.75) is 13.0 Å². The smallest absolute Gasteiger partial charge is 0.199 e. The van der Waals surface area contributed by atoms with Gasteiger partial charge in [0.05, 0.1) is 16.9 Å². The van der Waals surface area contributed by atoms with Crippen molar-refractivity contribution in [3.63, 3.8) is 0 Å². The third-order valence-electron chi connectivity index (χ3n) is 2.12. The number of aryl methyl sites for hydroxylation is 1. The molecule has 2 heterocycles. The Balaban J connectivity index is 2.50. The average molecular weight is 211 g/mol. The van der Waals surface area contributed by atoms with Crippen LogP contribution in [0.1, 0.15) is 6.42 Å². The first-order valence-electron chi connectivity index (χ1n) is 4.45. The summed E-state index contributed by atoms with van der Waals surface area (Å²) in [7, 11) is 0. The molecule has 2 aromatic rings. The molecule has 0 aliphatic heterocycles. The van der Waals surface area contributed by atoms with E-state index < -0.39 is 0 Å². The SMILES string of the molecule is O=c1ccn(CCCF)c2ccsc12. The average Bonchev–Trinajstić information content (AvgIpc) is 2.66. The molecule has 0 aromatic carbocycles. The second-order valence-corrected chi connectivity index (χ2v) is 3.97. The minimum atomic E-state index is -0.322. The molecule has 0 bridgehead atoms. The van der Waals surface area contributed by atoms with Crippen molar-refractivity contribution in [3.8, 4) is 0 Å². The zero-order chi connectivity index (χ0) is 9.97. The molecular weight excluding hydrogens is 201 g/mol. The molecule has 0 saturated heterocycles. The fourth-order valence-electron chi connectivity index (χ4n) is 1.45. The van der Waals surface area contributed by atoms with Gasteiger partial charge in [0.1, 0.15) is 0 Å². The highest BCUT2D eigenvalue weighted by Crippen LogP contribution is 2.16. The maximum atomic E-state index is 12.0. The molecule has 0 aliphatic rings. The first kappa shape index (κ1) is 9.40. The molecule has 2 aromatic heterocycles. The van der Waals surface area contributed by atoms with Crippen LogP contribution >= 0.6 is 11.3 Å². The zero-order valence-corrected chi connectivity index (χ0v) is 8.39. The van der Waals surface area contributed by atoms with Gasteiger partial charge < -0.3 is 4.57 Å². The second-order valence-electron chi connectivity index (χ2n) is 3.05. The fourth-order valence-corrected chi connectivity index (χ4v) is 2.28. The summed E-state index contributed by atoms with van der Waals surface area (Å²) in [5, 5.41) is 1.89. The Morgan fingerprint density at radius 3 is 3.07 bits per heavy atom. The molecule has 0 unspecified atom stereocenters. The summed E-state index contributed by atoms with van der Waals surface area (Å²) in [5.41, 5.74) is 0.961. The Morgan fingerprint density at radius 1 is 1.43 bits per heavy atom. The molecule has 2 nitrogen and oxygen atoms in total. The molecule has 0 saturated carbocycles. The summed E-state index contributed by atoms with van der Waals surface area (Å²) in [6.07, 6.45) is 2.22. The summed E-state index contributed by atoms with van der Waals surface area (Å²) in [5.74, 6) is 0. The number of fused-ring (bicyclic) bond motifs is 1. The lowest BCUT2D eigenvalue weighted by Gasteiger charge is -2.05. The van der Waals surface area contributed by atoms with Crippen LogP contribution in [0.3, 0.4) is 0 Å². The van der Waals surface area contributed by atoms with E-state index in [0.717, 1.165) is 10.2 Å². The standard InChI is InChI=1S/C10H10FNOS/c11-4-1-5-12-6-2-9(13)10-8(12)3-7-14-10/h2-3,6-7H,1,4-5H2. The summed E-state index contributed by atoms with van der Waals surface area (Å²) >= 11 is 1.43. The number of alkyl halides is 1. The molecule has 0 radical (unpaired) electrons. The van der Waals surface area contributed by atoms with E-state index in [1.165, 1.54) is 17.4 Å². The molecule has 2 rings (SSSR count). The van der Waals surface area contributed by atoms with Gasteiger partial charge in [-0.3, -0.25) is 9.18 Å². The van der Waals surface area contributed by atoms with Gasteiger partial charge in [-0.2, -0.15) is 0 Å². The number of halogens is 1. The van der Waals surface area contributed by atoms with Crippen LogP contribution in [-0.4, -0.2) is 11.2 Å². The van der Waals surface area contributed by atoms with Gasteiger partial charge >= 0.3 is 0 Å². The summed E-state index contributed by atoms with van der Waals surface area (Å²) < 4.78 is 14.7. The Labute approximate surface area is 84.6 Å². The van der Waals surface area contributed by atoms with E-state index in [0.29, 0.717) is 13.0 Å². The van der Waals surface area contributed by atoms with Gasteiger partial charge in [-0.25, -0.2) is 0 Å². The number of rotatable bonds is 3. The molecule has 0 amide bonds. The lowest BCUT2D eigenvalue weighted by atomic mass is 10.3. The maximum Gasteiger partial charge on any atom is 0.199 e. The largest absolute Gasteiger partial charge is 0.346 e. The van der Waals surface area contributed by atoms with E-state index in [2.05, 4.69) is 0 Å². The van der Waals surface area contributed by atoms with Crippen LogP contribution in [0, 0.1) is 0 Å². The fraction of sp³-hybridized carbons (Fsp3) is 0.300. The lowest BCUT2D eigenvalue weighted by molar-refractivity contribution is 0.449. The van der Waals surface area contributed by atoms with E-state index in [-0.39, 0.29) is 12.1 Å². The number of aromatic nitrogens is 1. The van der Waals surface area contributed by atoms with Crippen LogP contribution in [0.25, 0.3) is 10.2 Å². The Morgan fingerprint density at radius 2 is 2.29 bits per heavy atom. The second kappa shape index (κ2) is 3.92. The van der Waals surface area contributed by atoms with E-state index in [1.54, 1.807) is 6.20 Å². The molecule has 14 heavy (non-hydrogen) atoms. The number of thiophene rings is 1. The quantitative estimate of drug-likeness (QED) is 0.764. The monoisotopic (exact) mass is 211 g/mol.